The number of rotatable bonds is 7. The van der Waals surface area contributed by atoms with Gasteiger partial charge in [-0.05, 0) is 56.0 Å². The predicted molar refractivity (Wildman–Crippen MR) is 123 cm³/mol. The van der Waals surface area contributed by atoms with Crippen molar-refractivity contribution < 1.29 is 0 Å². The van der Waals surface area contributed by atoms with E-state index in [9.17, 15) is 0 Å². The lowest BCUT2D eigenvalue weighted by molar-refractivity contribution is 0.161. The van der Waals surface area contributed by atoms with Crippen molar-refractivity contribution in [3.63, 3.8) is 0 Å². The van der Waals surface area contributed by atoms with E-state index in [2.05, 4.69) is 59.3 Å². The van der Waals surface area contributed by atoms with Gasteiger partial charge >= 0.3 is 0 Å². The fraction of sp³-hybridized carbons (Fsp3) is 0.385. The molecule has 5 rings (SSSR count). The summed E-state index contributed by atoms with van der Waals surface area (Å²) in [5.74, 6) is 0. The van der Waals surface area contributed by atoms with Crippen LogP contribution in [0.4, 0.5) is 0 Å². The quantitative estimate of drug-likeness (QED) is 0.378. The topological polar surface area (TPSA) is 44.8 Å². The van der Waals surface area contributed by atoms with Gasteiger partial charge in [0.25, 0.3) is 0 Å². The average Bonchev–Trinajstić information content (AvgIpc) is 3.18. The Morgan fingerprint density at radius 2 is 1.93 bits per heavy atom. The van der Waals surface area contributed by atoms with E-state index in [1.807, 2.05) is 12.4 Å². The second-order valence-electron chi connectivity index (χ2n) is 8.48. The highest BCUT2D eigenvalue weighted by Crippen LogP contribution is 2.35. The van der Waals surface area contributed by atoms with E-state index in [0.29, 0.717) is 6.04 Å². The molecule has 0 saturated heterocycles. The Labute approximate surface area is 178 Å². The van der Waals surface area contributed by atoms with Gasteiger partial charge in [0.15, 0.2) is 0 Å². The molecule has 1 aliphatic rings. The van der Waals surface area contributed by atoms with Gasteiger partial charge in [-0.1, -0.05) is 44.0 Å². The lowest BCUT2D eigenvalue weighted by atomic mass is 9.90. The molecule has 30 heavy (non-hydrogen) atoms. The molecule has 154 valence electrons. The van der Waals surface area contributed by atoms with Crippen LogP contribution < -0.4 is 0 Å². The van der Waals surface area contributed by atoms with Gasteiger partial charge in [0.05, 0.1) is 22.9 Å². The summed E-state index contributed by atoms with van der Waals surface area (Å²) in [6.45, 7) is 4.22. The fourth-order valence-corrected chi connectivity index (χ4v) is 4.99. The first-order valence-corrected chi connectivity index (χ1v) is 11.4. The molecule has 0 bridgehead atoms. The molecule has 4 aromatic rings. The maximum Gasteiger partial charge on any atom is 0.0784 e. The Kier molecular flexibility index (Phi) is 5.50. The van der Waals surface area contributed by atoms with Gasteiger partial charge in [-0.2, -0.15) is 0 Å². The molecule has 4 heteroatoms. The molecule has 1 N–H and O–H groups in total. The maximum absolute atomic E-state index is 4.83. The minimum atomic E-state index is 0.383. The third kappa shape index (κ3) is 3.61. The van der Waals surface area contributed by atoms with Crippen molar-refractivity contribution in [1.29, 1.82) is 0 Å². The summed E-state index contributed by atoms with van der Waals surface area (Å²) >= 11 is 0. The number of aryl methyl sites for hydroxylation is 1. The molecule has 1 aromatic carbocycles. The standard InChI is InChI=1S/C26H30N4/c1-2-3-6-17-30(24-13-7-9-19-10-8-15-28-25(19)24)18-23-26-21(14-16-27-23)20-11-4-5-12-22(20)29-26/h4-5,8,10-12,14-16,24,29H,2-3,6-7,9,13,17-18H2,1H3. The summed E-state index contributed by atoms with van der Waals surface area (Å²) in [5, 5.41) is 2.55. The molecule has 1 atom stereocenters. The van der Waals surface area contributed by atoms with Crippen molar-refractivity contribution in [3.8, 4) is 0 Å². The second kappa shape index (κ2) is 8.57. The highest BCUT2D eigenvalue weighted by atomic mass is 15.2. The normalized spacial score (nSPS) is 16.4. The summed E-state index contributed by atoms with van der Waals surface area (Å²) in [5.41, 5.74) is 6.21. The van der Waals surface area contributed by atoms with Crippen LogP contribution in [0.15, 0.2) is 54.9 Å². The van der Waals surface area contributed by atoms with Crippen LogP contribution in [-0.4, -0.2) is 26.4 Å². The van der Waals surface area contributed by atoms with Crippen LogP contribution in [0.2, 0.25) is 0 Å². The van der Waals surface area contributed by atoms with Gasteiger partial charge in [-0.15, -0.1) is 0 Å². The van der Waals surface area contributed by atoms with Crippen LogP contribution in [0.3, 0.4) is 0 Å². The van der Waals surface area contributed by atoms with Gasteiger partial charge in [-0.25, -0.2) is 0 Å². The average molecular weight is 399 g/mol. The molecular formula is C26H30N4. The van der Waals surface area contributed by atoms with Gasteiger partial charge in [0, 0.05) is 35.2 Å². The Morgan fingerprint density at radius 3 is 2.87 bits per heavy atom. The molecule has 1 unspecified atom stereocenters. The Balaban J connectivity index is 1.52. The minimum Gasteiger partial charge on any atom is -0.353 e. The number of hydrogen-bond acceptors (Lipinski definition) is 3. The number of para-hydroxylation sites is 1. The van der Waals surface area contributed by atoms with Crippen LogP contribution in [0.1, 0.15) is 62.0 Å². The largest absolute Gasteiger partial charge is 0.353 e. The van der Waals surface area contributed by atoms with Crippen molar-refractivity contribution in [1.82, 2.24) is 19.9 Å². The molecule has 1 aliphatic carbocycles. The lowest BCUT2D eigenvalue weighted by Crippen LogP contribution is -2.33. The Bertz CT molecular complexity index is 1150. The molecule has 0 radical (unpaired) electrons. The van der Waals surface area contributed by atoms with E-state index in [4.69, 9.17) is 9.97 Å². The van der Waals surface area contributed by atoms with Crippen LogP contribution in [0.25, 0.3) is 21.8 Å². The summed E-state index contributed by atoms with van der Waals surface area (Å²) < 4.78 is 0. The number of benzene rings is 1. The molecule has 3 heterocycles. The number of unbranched alkanes of at least 4 members (excludes halogenated alkanes) is 2. The Morgan fingerprint density at radius 1 is 1.00 bits per heavy atom. The van der Waals surface area contributed by atoms with Crippen molar-refractivity contribution in [2.45, 2.75) is 58.0 Å². The highest BCUT2D eigenvalue weighted by molar-refractivity contribution is 6.07. The predicted octanol–water partition coefficient (Wildman–Crippen LogP) is 6.18. The highest BCUT2D eigenvalue weighted by Gasteiger charge is 2.27. The van der Waals surface area contributed by atoms with E-state index >= 15 is 0 Å². The third-order valence-electron chi connectivity index (χ3n) is 6.51. The first-order chi connectivity index (χ1) is 14.8. The van der Waals surface area contributed by atoms with Crippen LogP contribution in [-0.2, 0) is 13.0 Å². The van der Waals surface area contributed by atoms with Crippen LogP contribution in [0.5, 0.6) is 0 Å². The number of fused-ring (bicyclic) bond motifs is 4. The Hall–Kier alpha value is -2.72. The summed E-state index contributed by atoms with van der Waals surface area (Å²) in [6.07, 6.45) is 11.2. The molecular weight excluding hydrogens is 368 g/mol. The lowest BCUT2D eigenvalue weighted by Gasteiger charge is -2.35. The fourth-order valence-electron chi connectivity index (χ4n) is 4.99. The van der Waals surface area contributed by atoms with Crippen molar-refractivity contribution in [2.75, 3.05) is 6.54 Å². The number of nitrogens with one attached hydrogen (secondary N) is 1. The summed E-state index contributed by atoms with van der Waals surface area (Å²) in [7, 11) is 0. The zero-order valence-corrected chi connectivity index (χ0v) is 17.8. The number of nitrogens with zero attached hydrogens (tertiary/aromatic N) is 3. The van der Waals surface area contributed by atoms with Crippen molar-refractivity contribution in [2.24, 2.45) is 0 Å². The minimum absolute atomic E-state index is 0.383. The van der Waals surface area contributed by atoms with E-state index in [1.54, 1.807) is 0 Å². The molecule has 0 aliphatic heterocycles. The van der Waals surface area contributed by atoms with Crippen molar-refractivity contribution in [3.05, 3.63) is 71.8 Å². The monoisotopic (exact) mass is 398 g/mol. The molecule has 0 amide bonds. The number of H-pyrrole nitrogens is 1. The SMILES string of the molecule is CCCCCN(Cc1nccc2c1[nH]c1ccccc12)C1CCCc2cccnc21. The van der Waals surface area contributed by atoms with E-state index in [-0.39, 0.29) is 0 Å². The first kappa shape index (κ1) is 19.3. The van der Waals surface area contributed by atoms with Crippen LogP contribution >= 0.6 is 0 Å². The molecule has 0 saturated carbocycles. The zero-order valence-electron chi connectivity index (χ0n) is 17.8. The third-order valence-corrected chi connectivity index (χ3v) is 6.51. The first-order valence-electron chi connectivity index (χ1n) is 11.4. The molecule has 0 fully saturated rings. The number of aromatic nitrogens is 3. The summed E-state index contributed by atoms with van der Waals surface area (Å²) in [6, 6.07) is 15.4. The van der Waals surface area contributed by atoms with Gasteiger partial charge in [0.1, 0.15) is 0 Å². The second-order valence-corrected chi connectivity index (χ2v) is 8.48. The van der Waals surface area contributed by atoms with Gasteiger partial charge in [0.2, 0.25) is 0 Å². The van der Waals surface area contributed by atoms with E-state index < -0.39 is 0 Å². The van der Waals surface area contributed by atoms with Gasteiger partial charge < -0.3 is 4.98 Å². The van der Waals surface area contributed by atoms with Gasteiger partial charge in [-0.3, -0.25) is 14.9 Å². The van der Waals surface area contributed by atoms with Crippen LogP contribution in [0, 0.1) is 0 Å². The smallest absolute Gasteiger partial charge is 0.0784 e. The number of hydrogen-bond donors (Lipinski definition) is 1. The number of pyridine rings is 2. The molecule has 3 aromatic heterocycles. The maximum atomic E-state index is 4.83. The van der Waals surface area contributed by atoms with E-state index in [1.165, 1.54) is 65.2 Å². The summed E-state index contributed by atoms with van der Waals surface area (Å²) in [4.78, 5) is 15.9. The van der Waals surface area contributed by atoms with E-state index in [0.717, 1.165) is 25.2 Å². The molecule has 0 spiro atoms. The molecule has 4 nitrogen and oxygen atoms in total. The van der Waals surface area contributed by atoms with Crippen molar-refractivity contribution >= 4 is 21.8 Å². The number of aromatic amines is 1. The zero-order chi connectivity index (χ0) is 20.3.